The highest BCUT2D eigenvalue weighted by atomic mass is 16.5. The fourth-order valence-electron chi connectivity index (χ4n) is 1.69. The van der Waals surface area contributed by atoms with E-state index in [-0.39, 0.29) is 11.7 Å². The lowest BCUT2D eigenvalue weighted by Crippen LogP contribution is -2.17. The van der Waals surface area contributed by atoms with E-state index in [1.165, 1.54) is 19.4 Å². The molecule has 1 aromatic carbocycles. The normalized spacial score (nSPS) is 10.6. The number of carbonyl (C=O) groups excluding carboxylic acids is 1. The Balaban J connectivity index is 2.04. The summed E-state index contributed by atoms with van der Waals surface area (Å²) >= 11 is 0. The van der Waals surface area contributed by atoms with Gasteiger partial charge in [-0.05, 0) is 42.8 Å². The van der Waals surface area contributed by atoms with Crippen molar-refractivity contribution in [2.24, 2.45) is 5.10 Å². The second-order valence-corrected chi connectivity index (χ2v) is 4.32. The Morgan fingerprint density at radius 1 is 1.38 bits per heavy atom. The highest BCUT2D eigenvalue weighted by Gasteiger charge is 2.04. The number of benzene rings is 1. The van der Waals surface area contributed by atoms with Gasteiger partial charge < -0.3 is 9.84 Å². The molecule has 0 fully saturated rings. The minimum atomic E-state index is -0.317. The maximum absolute atomic E-state index is 11.8. The third-order valence-electron chi connectivity index (χ3n) is 2.74. The van der Waals surface area contributed by atoms with Crippen molar-refractivity contribution in [1.29, 1.82) is 0 Å². The van der Waals surface area contributed by atoms with Gasteiger partial charge in [-0.2, -0.15) is 5.10 Å². The number of carbonyl (C=O) groups is 1. The molecule has 108 valence electrons. The first-order chi connectivity index (χ1) is 10.1. The number of nitrogens with zero attached hydrogens (tertiary/aromatic N) is 2. The van der Waals surface area contributed by atoms with Gasteiger partial charge in [-0.25, -0.2) is 5.43 Å². The van der Waals surface area contributed by atoms with E-state index in [1.54, 1.807) is 30.5 Å². The van der Waals surface area contributed by atoms with Crippen molar-refractivity contribution < 1.29 is 14.6 Å². The van der Waals surface area contributed by atoms with E-state index >= 15 is 0 Å². The molecule has 0 radical (unpaired) electrons. The number of nitrogens with one attached hydrogen (secondary N) is 1. The first-order valence-corrected chi connectivity index (χ1v) is 6.23. The van der Waals surface area contributed by atoms with E-state index in [0.717, 1.165) is 5.69 Å². The van der Waals surface area contributed by atoms with Crippen LogP contribution in [0.15, 0.2) is 41.6 Å². The Morgan fingerprint density at radius 3 is 2.90 bits per heavy atom. The maximum atomic E-state index is 11.8. The number of methoxy groups -OCH3 is 1. The lowest BCUT2D eigenvalue weighted by atomic mass is 10.2. The van der Waals surface area contributed by atoms with E-state index in [9.17, 15) is 9.90 Å². The van der Waals surface area contributed by atoms with Crippen LogP contribution in [-0.2, 0) is 0 Å². The maximum Gasteiger partial charge on any atom is 0.271 e. The van der Waals surface area contributed by atoms with Gasteiger partial charge in [0.15, 0.2) is 11.5 Å². The van der Waals surface area contributed by atoms with Crippen LogP contribution in [-0.4, -0.2) is 29.3 Å². The summed E-state index contributed by atoms with van der Waals surface area (Å²) in [6.07, 6.45) is 3.03. The van der Waals surface area contributed by atoms with Crippen LogP contribution in [0.25, 0.3) is 0 Å². The van der Waals surface area contributed by atoms with Crippen molar-refractivity contribution in [2.45, 2.75) is 6.92 Å². The summed E-state index contributed by atoms with van der Waals surface area (Å²) in [6, 6.07) is 8.05. The molecule has 2 aromatic rings. The Kier molecular flexibility index (Phi) is 4.50. The molecule has 0 atom stereocenters. The van der Waals surface area contributed by atoms with Crippen LogP contribution in [0.1, 0.15) is 21.6 Å². The van der Waals surface area contributed by atoms with Crippen LogP contribution < -0.4 is 10.2 Å². The molecule has 1 amide bonds. The van der Waals surface area contributed by atoms with E-state index in [2.05, 4.69) is 15.5 Å². The van der Waals surface area contributed by atoms with Gasteiger partial charge in [0, 0.05) is 17.5 Å². The molecule has 0 aliphatic heterocycles. The standard InChI is InChI=1S/C15H15N3O3/c1-10-7-12(5-6-16-10)15(20)18-17-9-11-3-4-13(19)14(8-11)21-2/h3-9,19H,1-2H3,(H,18,20)/b17-9+. The quantitative estimate of drug-likeness (QED) is 0.663. The topological polar surface area (TPSA) is 83.8 Å². The first-order valence-electron chi connectivity index (χ1n) is 6.23. The van der Waals surface area contributed by atoms with Gasteiger partial charge >= 0.3 is 0 Å². The fraction of sp³-hybridized carbons (Fsp3) is 0.133. The smallest absolute Gasteiger partial charge is 0.271 e. The number of aryl methyl sites for hydroxylation is 1. The third-order valence-corrected chi connectivity index (χ3v) is 2.74. The molecule has 0 saturated heterocycles. The average molecular weight is 285 g/mol. The van der Waals surface area contributed by atoms with E-state index in [0.29, 0.717) is 16.9 Å². The van der Waals surface area contributed by atoms with Crippen LogP contribution >= 0.6 is 0 Å². The molecule has 2 rings (SSSR count). The molecule has 0 spiro atoms. The van der Waals surface area contributed by atoms with Gasteiger partial charge in [0.2, 0.25) is 0 Å². The van der Waals surface area contributed by atoms with Crippen LogP contribution in [0.3, 0.4) is 0 Å². The Bertz CT molecular complexity index is 684. The number of rotatable bonds is 4. The number of aromatic hydroxyl groups is 1. The predicted octanol–water partition coefficient (Wildman–Crippen LogP) is 1.87. The van der Waals surface area contributed by atoms with Crippen LogP contribution in [0.2, 0.25) is 0 Å². The SMILES string of the molecule is COc1cc(/C=N/NC(=O)c2ccnc(C)c2)ccc1O. The van der Waals surface area contributed by atoms with Crippen molar-refractivity contribution in [2.75, 3.05) is 7.11 Å². The Labute approximate surface area is 122 Å². The van der Waals surface area contributed by atoms with Gasteiger partial charge in [0.05, 0.1) is 13.3 Å². The van der Waals surface area contributed by atoms with Crippen LogP contribution in [0.5, 0.6) is 11.5 Å². The highest BCUT2D eigenvalue weighted by Crippen LogP contribution is 2.25. The van der Waals surface area contributed by atoms with Crippen LogP contribution in [0, 0.1) is 6.92 Å². The Hall–Kier alpha value is -2.89. The summed E-state index contributed by atoms with van der Waals surface area (Å²) in [5, 5.41) is 13.3. The number of hydrogen-bond donors (Lipinski definition) is 2. The number of phenols is 1. The molecule has 1 heterocycles. The zero-order valence-corrected chi connectivity index (χ0v) is 11.7. The minimum absolute atomic E-state index is 0.0472. The number of ether oxygens (including phenoxy) is 1. The predicted molar refractivity (Wildman–Crippen MR) is 78.7 cm³/mol. The van der Waals surface area contributed by atoms with E-state index in [1.807, 2.05) is 6.92 Å². The zero-order valence-electron chi connectivity index (χ0n) is 11.7. The monoisotopic (exact) mass is 285 g/mol. The molecule has 2 N–H and O–H groups in total. The Morgan fingerprint density at radius 2 is 2.19 bits per heavy atom. The summed E-state index contributed by atoms with van der Waals surface area (Å²) in [7, 11) is 1.46. The highest BCUT2D eigenvalue weighted by molar-refractivity contribution is 5.94. The first kappa shape index (κ1) is 14.5. The minimum Gasteiger partial charge on any atom is -0.504 e. The van der Waals surface area contributed by atoms with E-state index in [4.69, 9.17) is 4.74 Å². The number of hydrazone groups is 1. The summed E-state index contributed by atoms with van der Waals surface area (Å²) < 4.78 is 4.99. The molecule has 6 heteroatoms. The number of phenolic OH excluding ortho intramolecular Hbond substituents is 1. The number of amides is 1. The lowest BCUT2D eigenvalue weighted by molar-refractivity contribution is 0.0955. The molecule has 0 saturated carbocycles. The second-order valence-electron chi connectivity index (χ2n) is 4.32. The second kappa shape index (κ2) is 6.51. The number of pyridine rings is 1. The molecule has 21 heavy (non-hydrogen) atoms. The molecule has 1 aromatic heterocycles. The van der Waals surface area contributed by atoms with Gasteiger partial charge in [-0.3, -0.25) is 9.78 Å². The van der Waals surface area contributed by atoms with Gasteiger partial charge in [0.25, 0.3) is 5.91 Å². The fourth-order valence-corrected chi connectivity index (χ4v) is 1.69. The number of aromatic nitrogens is 1. The van der Waals surface area contributed by atoms with Crippen LogP contribution in [0.4, 0.5) is 0 Å². The van der Waals surface area contributed by atoms with Crippen molar-refractivity contribution >= 4 is 12.1 Å². The largest absolute Gasteiger partial charge is 0.504 e. The molecular formula is C15H15N3O3. The molecule has 6 nitrogen and oxygen atoms in total. The van der Waals surface area contributed by atoms with Crippen molar-refractivity contribution in [3.8, 4) is 11.5 Å². The van der Waals surface area contributed by atoms with Crippen molar-refractivity contribution in [1.82, 2.24) is 10.4 Å². The van der Waals surface area contributed by atoms with Gasteiger partial charge in [0.1, 0.15) is 0 Å². The summed E-state index contributed by atoms with van der Waals surface area (Å²) in [5.74, 6) is 0.0727. The lowest BCUT2D eigenvalue weighted by Gasteiger charge is -2.03. The molecular weight excluding hydrogens is 270 g/mol. The summed E-state index contributed by atoms with van der Waals surface area (Å²) in [5.41, 5.74) is 4.36. The zero-order chi connectivity index (χ0) is 15.2. The number of hydrogen-bond acceptors (Lipinski definition) is 5. The van der Waals surface area contributed by atoms with E-state index < -0.39 is 0 Å². The summed E-state index contributed by atoms with van der Waals surface area (Å²) in [6.45, 7) is 1.81. The average Bonchev–Trinajstić information content (AvgIpc) is 2.48. The molecule has 0 aliphatic rings. The molecule has 0 aliphatic carbocycles. The molecule has 0 bridgehead atoms. The van der Waals surface area contributed by atoms with Crippen molar-refractivity contribution in [3.05, 3.63) is 53.3 Å². The molecule has 0 unspecified atom stereocenters. The van der Waals surface area contributed by atoms with Gasteiger partial charge in [-0.1, -0.05) is 0 Å². The summed E-state index contributed by atoms with van der Waals surface area (Å²) in [4.78, 5) is 15.9. The van der Waals surface area contributed by atoms with Gasteiger partial charge in [-0.15, -0.1) is 0 Å². The third kappa shape index (κ3) is 3.79. The van der Waals surface area contributed by atoms with Crippen molar-refractivity contribution in [3.63, 3.8) is 0 Å².